The Bertz CT molecular complexity index is 771. The highest BCUT2D eigenvalue weighted by molar-refractivity contribution is 7.89. The number of Topliss-reactive ketones (excluding diaryl/α,β-unsaturated/α-hetero) is 1. The van der Waals surface area contributed by atoms with Gasteiger partial charge < -0.3 is 0 Å². The first-order valence-corrected chi connectivity index (χ1v) is 8.42. The van der Waals surface area contributed by atoms with E-state index >= 15 is 0 Å². The molecule has 1 aromatic heterocycles. The van der Waals surface area contributed by atoms with E-state index in [0.29, 0.717) is 36.6 Å². The molecule has 0 radical (unpaired) electrons. The molecule has 5 nitrogen and oxygen atoms in total. The minimum Gasteiger partial charge on any atom is -0.300 e. The molecule has 0 amide bonds. The molecule has 2 aromatic rings. The summed E-state index contributed by atoms with van der Waals surface area (Å²) in [5, 5.41) is 0.611. The van der Waals surface area contributed by atoms with Crippen LogP contribution in [0.4, 0.5) is 0 Å². The van der Waals surface area contributed by atoms with Crippen molar-refractivity contribution in [3.63, 3.8) is 0 Å². The van der Waals surface area contributed by atoms with Crippen molar-refractivity contribution in [3.05, 3.63) is 36.5 Å². The Morgan fingerprint density at radius 2 is 1.86 bits per heavy atom. The van der Waals surface area contributed by atoms with Crippen molar-refractivity contribution >= 4 is 26.7 Å². The van der Waals surface area contributed by atoms with Crippen LogP contribution < -0.4 is 4.72 Å². The second kappa shape index (κ2) is 5.54. The Morgan fingerprint density at radius 3 is 2.62 bits per heavy atom. The van der Waals surface area contributed by atoms with E-state index in [4.69, 9.17) is 0 Å². The van der Waals surface area contributed by atoms with Crippen LogP contribution in [-0.4, -0.2) is 25.2 Å². The largest absolute Gasteiger partial charge is 0.300 e. The van der Waals surface area contributed by atoms with Crippen LogP contribution in [0.5, 0.6) is 0 Å². The molecule has 0 bridgehead atoms. The molecule has 6 heteroatoms. The zero-order valence-electron chi connectivity index (χ0n) is 11.5. The minimum absolute atomic E-state index is 0.167. The van der Waals surface area contributed by atoms with Crippen molar-refractivity contribution < 1.29 is 13.2 Å². The number of carbonyl (C=O) groups is 1. The number of benzene rings is 1. The fraction of sp³-hybridized carbons (Fsp3) is 0.333. The van der Waals surface area contributed by atoms with Crippen molar-refractivity contribution in [2.24, 2.45) is 0 Å². The van der Waals surface area contributed by atoms with Gasteiger partial charge in [-0.3, -0.25) is 9.78 Å². The molecule has 0 aliphatic heterocycles. The van der Waals surface area contributed by atoms with Crippen molar-refractivity contribution in [1.29, 1.82) is 0 Å². The maximum absolute atomic E-state index is 12.6. The lowest BCUT2D eigenvalue weighted by Gasteiger charge is -2.22. The Kier molecular flexibility index (Phi) is 3.73. The first-order chi connectivity index (χ1) is 10.1. The summed E-state index contributed by atoms with van der Waals surface area (Å²) in [6.45, 7) is 0. The van der Waals surface area contributed by atoms with E-state index in [1.165, 1.54) is 0 Å². The van der Waals surface area contributed by atoms with Gasteiger partial charge in [-0.15, -0.1) is 0 Å². The number of sulfonamides is 1. The topological polar surface area (TPSA) is 76.1 Å². The van der Waals surface area contributed by atoms with Crippen LogP contribution >= 0.6 is 0 Å². The maximum Gasteiger partial charge on any atom is 0.241 e. The lowest BCUT2D eigenvalue weighted by atomic mass is 9.95. The predicted molar refractivity (Wildman–Crippen MR) is 79.3 cm³/mol. The predicted octanol–water partition coefficient (Wildman–Crippen LogP) is 2.02. The summed E-state index contributed by atoms with van der Waals surface area (Å²) in [5.74, 6) is 0.208. The molecule has 1 N–H and O–H groups in total. The molecule has 1 saturated carbocycles. The number of hydrogen-bond donors (Lipinski definition) is 1. The number of hydrogen-bond acceptors (Lipinski definition) is 4. The van der Waals surface area contributed by atoms with Gasteiger partial charge in [0.15, 0.2) is 0 Å². The number of ketones is 1. The number of nitrogens with one attached hydrogen (secondary N) is 1. The summed E-state index contributed by atoms with van der Waals surface area (Å²) >= 11 is 0. The van der Waals surface area contributed by atoms with E-state index in [9.17, 15) is 13.2 Å². The molecule has 1 aliphatic carbocycles. The van der Waals surface area contributed by atoms with Gasteiger partial charge in [-0.2, -0.15) is 0 Å². The monoisotopic (exact) mass is 304 g/mol. The van der Waals surface area contributed by atoms with E-state index in [-0.39, 0.29) is 16.7 Å². The highest BCUT2D eigenvalue weighted by atomic mass is 32.2. The highest BCUT2D eigenvalue weighted by Gasteiger charge is 2.25. The van der Waals surface area contributed by atoms with Crippen LogP contribution in [-0.2, 0) is 14.8 Å². The minimum atomic E-state index is -3.61. The summed E-state index contributed by atoms with van der Waals surface area (Å²) in [7, 11) is -3.61. The first-order valence-electron chi connectivity index (χ1n) is 6.94. The average molecular weight is 304 g/mol. The molecule has 3 rings (SSSR count). The highest BCUT2D eigenvalue weighted by Crippen LogP contribution is 2.23. The number of rotatable bonds is 3. The Morgan fingerprint density at radius 1 is 1.10 bits per heavy atom. The lowest BCUT2D eigenvalue weighted by molar-refractivity contribution is -0.120. The van der Waals surface area contributed by atoms with Gasteiger partial charge in [0, 0.05) is 30.5 Å². The zero-order chi connectivity index (χ0) is 14.9. The Balaban J connectivity index is 1.92. The second-order valence-electron chi connectivity index (χ2n) is 5.26. The van der Waals surface area contributed by atoms with Crippen molar-refractivity contribution in [2.75, 3.05) is 0 Å². The molecule has 0 spiro atoms. The molecule has 0 unspecified atom stereocenters. The van der Waals surface area contributed by atoms with Gasteiger partial charge in [-0.25, -0.2) is 13.1 Å². The first kappa shape index (κ1) is 14.2. The molecule has 1 aromatic carbocycles. The van der Waals surface area contributed by atoms with Gasteiger partial charge in [0.2, 0.25) is 10.0 Å². The lowest BCUT2D eigenvalue weighted by Crippen LogP contribution is -2.37. The number of nitrogens with zero attached hydrogens (tertiary/aromatic N) is 1. The summed E-state index contributed by atoms with van der Waals surface area (Å²) in [6, 6.07) is 8.36. The van der Waals surface area contributed by atoms with Crippen LogP contribution in [0.1, 0.15) is 25.7 Å². The zero-order valence-corrected chi connectivity index (χ0v) is 12.3. The number of pyridine rings is 1. The third-order valence-corrected chi connectivity index (χ3v) is 5.34. The number of aromatic nitrogens is 1. The fourth-order valence-corrected chi connectivity index (χ4v) is 4.17. The summed E-state index contributed by atoms with van der Waals surface area (Å²) in [5.41, 5.74) is 0.652. The second-order valence-corrected chi connectivity index (χ2v) is 6.94. The standard InChI is InChI=1S/C15H16N2O3S/c18-12-8-6-11(7-9-12)17-21(19,20)15-5-1-4-14-13(15)3-2-10-16-14/h1-5,10-11,17H,6-9H2. The maximum atomic E-state index is 12.6. The van der Waals surface area contributed by atoms with Crippen molar-refractivity contribution in [1.82, 2.24) is 9.71 Å². The van der Waals surface area contributed by atoms with E-state index in [1.807, 2.05) is 0 Å². The van der Waals surface area contributed by atoms with Crippen LogP contribution in [0.15, 0.2) is 41.4 Å². The third-order valence-electron chi connectivity index (χ3n) is 3.76. The molecule has 110 valence electrons. The van der Waals surface area contributed by atoms with Gasteiger partial charge in [0.05, 0.1) is 10.4 Å². The number of fused-ring (bicyclic) bond motifs is 1. The van der Waals surface area contributed by atoms with Crippen molar-refractivity contribution in [2.45, 2.75) is 36.6 Å². The normalized spacial score (nSPS) is 17.2. The molecule has 1 fully saturated rings. The van der Waals surface area contributed by atoms with Crippen LogP contribution in [0.3, 0.4) is 0 Å². The summed E-state index contributed by atoms with van der Waals surface area (Å²) in [4.78, 5) is 15.6. The van der Waals surface area contributed by atoms with Gasteiger partial charge >= 0.3 is 0 Å². The molecular weight excluding hydrogens is 288 g/mol. The Hall–Kier alpha value is -1.79. The molecule has 1 aliphatic rings. The fourth-order valence-electron chi connectivity index (χ4n) is 2.65. The van der Waals surface area contributed by atoms with Crippen LogP contribution in [0, 0.1) is 0 Å². The third kappa shape index (κ3) is 2.96. The number of carbonyl (C=O) groups excluding carboxylic acids is 1. The van der Waals surface area contributed by atoms with E-state index < -0.39 is 10.0 Å². The van der Waals surface area contributed by atoms with E-state index in [0.717, 1.165) is 0 Å². The molecule has 21 heavy (non-hydrogen) atoms. The molecule has 0 saturated heterocycles. The summed E-state index contributed by atoms with van der Waals surface area (Å²) in [6.07, 6.45) is 3.68. The van der Waals surface area contributed by atoms with Gasteiger partial charge in [0.25, 0.3) is 0 Å². The summed E-state index contributed by atoms with van der Waals surface area (Å²) < 4.78 is 27.9. The van der Waals surface area contributed by atoms with Crippen LogP contribution in [0.25, 0.3) is 10.9 Å². The molecule has 0 atom stereocenters. The smallest absolute Gasteiger partial charge is 0.241 e. The quantitative estimate of drug-likeness (QED) is 0.941. The van der Waals surface area contributed by atoms with E-state index in [2.05, 4.69) is 9.71 Å². The van der Waals surface area contributed by atoms with E-state index in [1.54, 1.807) is 36.5 Å². The van der Waals surface area contributed by atoms with Gasteiger partial charge in [-0.05, 0) is 37.1 Å². The van der Waals surface area contributed by atoms with Crippen molar-refractivity contribution in [3.8, 4) is 0 Å². The van der Waals surface area contributed by atoms with Gasteiger partial charge in [-0.1, -0.05) is 6.07 Å². The molecular formula is C15H16N2O3S. The molecule has 1 heterocycles. The Labute approximate surface area is 123 Å². The van der Waals surface area contributed by atoms with Gasteiger partial charge in [0.1, 0.15) is 5.78 Å². The van der Waals surface area contributed by atoms with Crippen LogP contribution in [0.2, 0.25) is 0 Å². The average Bonchev–Trinajstić information content (AvgIpc) is 2.49. The SMILES string of the molecule is O=C1CCC(NS(=O)(=O)c2cccc3ncccc23)CC1.